The average Bonchev–Trinajstić information content (AvgIpc) is 3.12. The third-order valence-electron chi connectivity index (χ3n) is 6.00. The fraction of sp³-hybridized carbons (Fsp3) is 0.500. The van der Waals surface area contributed by atoms with Gasteiger partial charge in [-0.05, 0) is 55.5 Å². The van der Waals surface area contributed by atoms with Gasteiger partial charge in [0.1, 0.15) is 0 Å². The smallest absolute Gasteiger partial charge is 0.320 e. The number of carboxylic acid groups (broad SMARTS) is 1. The van der Waals surface area contributed by atoms with Gasteiger partial charge in [-0.1, -0.05) is 12.1 Å². The Labute approximate surface area is 176 Å². The minimum absolute atomic E-state index is 0.0909. The van der Waals surface area contributed by atoms with E-state index >= 15 is 0 Å². The van der Waals surface area contributed by atoms with Crippen molar-refractivity contribution in [2.75, 3.05) is 26.2 Å². The van der Waals surface area contributed by atoms with Crippen molar-refractivity contribution >= 4 is 12.0 Å². The second kappa shape index (κ2) is 9.30. The second-order valence-corrected chi connectivity index (χ2v) is 8.04. The number of nitrogens with one attached hydrogen (secondary N) is 2. The molecule has 2 fully saturated rings. The molecule has 3 aliphatic heterocycles. The monoisotopic (exact) mass is 411 g/mol. The van der Waals surface area contributed by atoms with Crippen LogP contribution in [-0.4, -0.2) is 64.2 Å². The van der Waals surface area contributed by atoms with E-state index in [1.54, 1.807) is 23.4 Å². The Balaban J connectivity index is 1.32. The highest BCUT2D eigenvalue weighted by atomic mass is 16.4. The number of hydrogen-bond donors (Lipinski definition) is 3. The molecule has 4 rings (SSSR count). The van der Waals surface area contributed by atoms with Gasteiger partial charge in [-0.25, -0.2) is 4.79 Å². The van der Waals surface area contributed by atoms with E-state index in [0.717, 1.165) is 31.4 Å². The van der Waals surface area contributed by atoms with Crippen molar-refractivity contribution < 1.29 is 14.7 Å². The third-order valence-corrected chi connectivity index (χ3v) is 6.00. The molecule has 0 radical (unpaired) electrons. The van der Waals surface area contributed by atoms with Gasteiger partial charge in [0, 0.05) is 37.7 Å². The van der Waals surface area contributed by atoms with E-state index in [1.165, 1.54) is 17.7 Å². The minimum atomic E-state index is -0.922. The molecule has 2 amide bonds. The number of urea groups is 1. The molecule has 0 spiro atoms. The molecule has 0 aromatic carbocycles. The van der Waals surface area contributed by atoms with Crippen LogP contribution in [0.2, 0.25) is 0 Å². The lowest BCUT2D eigenvalue weighted by atomic mass is 9.99. The van der Waals surface area contributed by atoms with E-state index in [0.29, 0.717) is 19.6 Å². The Kier molecular flexibility index (Phi) is 6.32. The van der Waals surface area contributed by atoms with E-state index in [9.17, 15) is 14.7 Å². The summed E-state index contributed by atoms with van der Waals surface area (Å²) in [6.07, 6.45) is 11.9. The van der Waals surface area contributed by atoms with Crippen molar-refractivity contribution in [3.05, 3.63) is 53.5 Å². The second-order valence-electron chi connectivity index (χ2n) is 8.04. The van der Waals surface area contributed by atoms with Crippen LogP contribution in [-0.2, 0) is 4.79 Å². The van der Waals surface area contributed by atoms with Crippen LogP contribution in [0, 0.1) is 0 Å². The number of nitrogens with zero attached hydrogens (tertiary/aromatic N) is 3. The third kappa shape index (κ3) is 4.64. The highest BCUT2D eigenvalue weighted by molar-refractivity contribution is 5.78. The first-order chi connectivity index (χ1) is 14.6. The molecule has 8 heteroatoms. The van der Waals surface area contributed by atoms with Crippen LogP contribution in [0.25, 0.3) is 0 Å². The van der Waals surface area contributed by atoms with Crippen LogP contribution in [0.15, 0.2) is 47.9 Å². The van der Waals surface area contributed by atoms with Crippen LogP contribution < -0.4 is 10.6 Å². The van der Waals surface area contributed by atoms with Gasteiger partial charge in [-0.3, -0.25) is 15.1 Å². The summed E-state index contributed by atoms with van der Waals surface area (Å²) in [5.41, 5.74) is 3.37. The molecule has 0 saturated carbocycles. The zero-order valence-electron chi connectivity index (χ0n) is 17.1. The van der Waals surface area contributed by atoms with E-state index < -0.39 is 12.0 Å². The summed E-state index contributed by atoms with van der Waals surface area (Å²) in [6.45, 7) is 2.85. The Morgan fingerprint density at radius 1 is 1.33 bits per heavy atom. The lowest BCUT2D eigenvalue weighted by Crippen LogP contribution is -2.47. The summed E-state index contributed by atoms with van der Waals surface area (Å²) >= 11 is 0. The van der Waals surface area contributed by atoms with Crippen molar-refractivity contribution in [1.82, 2.24) is 25.4 Å². The van der Waals surface area contributed by atoms with Gasteiger partial charge >= 0.3 is 12.0 Å². The highest BCUT2D eigenvalue weighted by Crippen LogP contribution is 2.28. The number of pyridine rings is 1. The number of dihydropyridines is 1. The molecule has 30 heavy (non-hydrogen) atoms. The summed E-state index contributed by atoms with van der Waals surface area (Å²) in [5.74, 6) is -0.922. The van der Waals surface area contributed by atoms with Crippen LogP contribution in [0.1, 0.15) is 43.7 Å². The van der Waals surface area contributed by atoms with Crippen LogP contribution in [0.3, 0.4) is 0 Å². The molecule has 3 aliphatic rings. The average molecular weight is 412 g/mol. The lowest BCUT2D eigenvalue weighted by Gasteiger charge is -2.32. The summed E-state index contributed by atoms with van der Waals surface area (Å²) in [4.78, 5) is 31.9. The van der Waals surface area contributed by atoms with Crippen LogP contribution in [0.5, 0.6) is 0 Å². The molecular formula is C22H29N5O3. The Morgan fingerprint density at radius 2 is 2.23 bits per heavy atom. The van der Waals surface area contributed by atoms with Gasteiger partial charge in [0.2, 0.25) is 0 Å². The largest absolute Gasteiger partial charge is 0.481 e. The normalized spacial score (nSPS) is 22.1. The van der Waals surface area contributed by atoms with Gasteiger partial charge in [-0.15, -0.1) is 0 Å². The van der Waals surface area contributed by atoms with Gasteiger partial charge in [0.15, 0.2) is 0 Å². The molecule has 1 aromatic rings. The fourth-order valence-electron chi connectivity index (χ4n) is 4.44. The number of rotatable bonds is 8. The van der Waals surface area contributed by atoms with E-state index in [2.05, 4.69) is 27.8 Å². The zero-order valence-corrected chi connectivity index (χ0v) is 17.1. The van der Waals surface area contributed by atoms with Gasteiger partial charge in [0.05, 0.1) is 18.6 Å². The Hall–Kier alpha value is -2.87. The molecule has 8 nitrogen and oxygen atoms in total. The molecule has 2 saturated heterocycles. The summed E-state index contributed by atoms with van der Waals surface area (Å²) in [7, 11) is 0. The number of amides is 2. The topological polar surface area (TPSA) is 97.8 Å². The first-order valence-electron chi connectivity index (χ1n) is 10.7. The molecule has 1 aromatic heterocycles. The highest BCUT2D eigenvalue weighted by Gasteiger charge is 2.35. The Bertz CT molecular complexity index is 838. The molecule has 1 unspecified atom stereocenters. The van der Waals surface area contributed by atoms with Crippen molar-refractivity contribution in [2.45, 2.75) is 44.3 Å². The van der Waals surface area contributed by atoms with E-state index in [-0.39, 0.29) is 18.6 Å². The van der Waals surface area contributed by atoms with Gasteiger partial charge in [-0.2, -0.15) is 0 Å². The number of carbonyl (C=O) groups is 2. The van der Waals surface area contributed by atoms with Crippen molar-refractivity contribution in [3.8, 4) is 0 Å². The van der Waals surface area contributed by atoms with Crippen molar-refractivity contribution in [2.24, 2.45) is 0 Å². The maximum absolute atomic E-state index is 13.0. The molecule has 2 atom stereocenters. The first kappa shape index (κ1) is 20.4. The van der Waals surface area contributed by atoms with Gasteiger partial charge < -0.3 is 20.2 Å². The van der Waals surface area contributed by atoms with Gasteiger partial charge in [0.25, 0.3) is 0 Å². The maximum atomic E-state index is 13.0. The first-order valence-corrected chi connectivity index (χ1v) is 10.7. The number of fused-ring (bicyclic) bond motifs is 1. The minimum Gasteiger partial charge on any atom is -0.481 e. The van der Waals surface area contributed by atoms with E-state index in [4.69, 9.17) is 0 Å². The molecule has 0 bridgehead atoms. The van der Waals surface area contributed by atoms with Crippen LogP contribution in [0.4, 0.5) is 4.79 Å². The number of carboxylic acids is 1. The van der Waals surface area contributed by atoms with Crippen molar-refractivity contribution in [1.29, 1.82) is 0 Å². The van der Waals surface area contributed by atoms with E-state index in [1.807, 2.05) is 11.0 Å². The Morgan fingerprint density at radius 3 is 3.03 bits per heavy atom. The molecular weight excluding hydrogens is 382 g/mol. The number of carbonyl (C=O) groups excluding carboxylic acids is 1. The predicted molar refractivity (Wildman–Crippen MR) is 112 cm³/mol. The fourth-order valence-corrected chi connectivity index (χ4v) is 4.44. The molecule has 4 heterocycles. The SMILES string of the molecule is O=C(O)C[C@H](c1cccnc1)N1CCN(CCCC2=CC=C3CCCNC3N2)C1=O. The number of aromatic nitrogens is 1. The maximum Gasteiger partial charge on any atom is 0.320 e. The lowest BCUT2D eigenvalue weighted by molar-refractivity contribution is -0.138. The number of allylic oxidation sites excluding steroid dienone is 3. The number of hydrogen-bond acceptors (Lipinski definition) is 5. The zero-order chi connectivity index (χ0) is 20.9. The number of aliphatic carboxylic acids is 1. The predicted octanol–water partition coefficient (Wildman–Crippen LogP) is 2.24. The molecule has 3 N–H and O–H groups in total. The summed E-state index contributed by atoms with van der Waals surface area (Å²) in [5, 5.41) is 16.4. The quantitative estimate of drug-likeness (QED) is 0.607. The molecule has 160 valence electrons. The van der Waals surface area contributed by atoms with Crippen molar-refractivity contribution in [3.63, 3.8) is 0 Å². The molecule has 0 aliphatic carbocycles. The standard InChI is InChI=1S/C22H29N5O3/c28-20(29)14-19(17-5-1-9-23-15-17)27-13-12-26(22(27)30)11-3-6-18-8-7-16-4-2-10-24-21(16)25-18/h1,5,7-9,15,19,21,24-25H,2-4,6,10-14H2,(H,28,29)/t19-,21?/m1/s1. The summed E-state index contributed by atoms with van der Waals surface area (Å²) < 4.78 is 0. The van der Waals surface area contributed by atoms with Crippen LogP contribution >= 0.6 is 0 Å². The number of piperidine rings is 1. The summed E-state index contributed by atoms with van der Waals surface area (Å²) in [6, 6.07) is 3.02.